The van der Waals surface area contributed by atoms with Gasteiger partial charge in [-0.25, -0.2) is 13.4 Å². The van der Waals surface area contributed by atoms with E-state index in [1.165, 1.54) is 17.1 Å². The molecule has 10 heteroatoms. The Morgan fingerprint density at radius 2 is 1.83 bits per heavy atom. The average Bonchev–Trinajstić information content (AvgIpc) is 3.40. The standard InChI is InChI=1S/C20H21N3O5S2/c1-30(25,26)18-6-3-2-5-15(18)19(24)22-9-4-10-23(22)20(29)21-12-14-7-8-16-17(11-14)28-13-27-16/h2-3,5-8,11H,4,9-10,12-13H2,1H3,(H,21,29). The van der Waals surface area contributed by atoms with Crippen molar-refractivity contribution in [2.45, 2.75) is 17.9 Å². The highest BCUT2D eigenvalue weighted by molar-refractivity contribution is 7.90. The van der Waals surface area contributed by atoms with E-state index in [9.17, 15) is 13.2 Å². The molecular formula is C20H21N3O5S2. The van der Waals surface area contributed by atoms with Crippen LogP contribution in [0.3, 0.4) is 0 Å². The molecule has 2 heterocycles. The monoisotopic (exact) mass is 447 g/mol. The molecule has 0 aromatic heterocycles. The fourth-order valence-corrected chi connectivity index (χ4v) is 4.60. The normalized spacial score (nSPS) is 15.4. The number of carbonyl (C=O) groups is 1. The number of nitrogens with one attached hydrogen (secondary N) is 1. The SMILES string of the molecule is CS(=O)(=O)c1ccccc1C(=O)N1CCCN1C(=S)NCc1ccc2c(c1)OCO2. The van der Waals surface area contributed by atoms with Crippen LogP contribution in [0.2, 0.25) is 0 Å². The third-order valence-electron chi connectivity index (χ3n) is 4.90. The molecular weight excluding hydrogens is 426 g/mol. The van der Waals surface area contributed by atoms with Crippen LogP contribution < -0.4 is 14.8 Å². The molecule has 2 aromatic carbocycles. The number of ether oxygens (including phenoxy) is 2. The van der Waals surface area contributed by atoms with E-state index in [4.69, 9.17) is 21.7 Å². The fraction of sp³-hybridized carbons (Fsp3) is 0.300. The maximum Gasteiger partial charge on any atom is 0.273 e. The van der Waals surface area contributed by atoms with Crippen molar-refractivity contribution in [3.05, 3.63) is 53.6 Å². The Labute approximate surface area is 180 Å². The van der Waals surface area contributed by atoms with Crippen molar-refractivity contribution >= 4 is 33.1 Å². The first-order valence-electron chi connectivity index (χ1n) is 9.39. The molecule has 0 unspecified atom stereocenters. The number of carbonyl (C=O) groups excluding carboxylic acids is 1. The number of nitrogens with zero attached hydrogens (tertiary/aromatic N) is 2. The topological polar surface area (TPSA) is 88.2 Å². The van der Waals surface area contributed by atoms with Gasteiger partial charge in [0.1, 0.15) is 0 Å². The van der Waals surface area contributed by atoms with Gasteiger partial charge in [0.05, 0.1) is 10.5 Å². The van der Waals surface area contributed by atoms with Crippen LogP contribution in [-0.2, 0) is 16.4 Å². The molecule has 0 saturated carbocycles. The highest BCUT2D eigenvalue weighted by Gasteiger charge is 2.31. The van der Waals surface area contributed by atoms with Crippen molar-refractivity contribution in [3.63, 3.8) is 0 Å². The van der Waals surface area contributed by atoms with Crippen LogP contribution >= 0.6 is 12.2 Å². The number of hydrazine groups is 1. The molecule has 0 radical (unpaired) electrons. The molecule has 1 saturated heterocycles. The van der Waals surface area contributed by atoms with Crippen molar-refractivity contribution < 1.29 is 22.7 Å². The van der Waals surface area contributed by atoms with Crippen molar-refractivity contribution in [3.8, 4) is 11.5 Å². The molecule has 0 aliphatic carbocycles. The Kier molecular flexibility index (Phi) is 5.52. The van der Waals surface area contributed by atoms with Crippen molar-refractivity contribution in [1.82, 2.24) is 15.3 Å². The second-order valence-electron chi connectivity index (χ2n) is 7.02. The molecule has 1 fully saturated rings. The van der Waals surface area contributed by atoms with Gasteiger partial charge in [0.2, 0.25) is 6.79 Å². The molecule has 2 aromatic rings. The Bertz CT molecular complexity index is 1100. The lowest BCUT2D eigenvalue weighted by molar-refractivity contribution is 0.0487. The first kappa shape index (κ1) is 20.4. The molecule has 8 nitrogen and oxygen atoms in total. The summed E-state index contributed by atoms with van der Waals surface area (Å²) in [5.74, 6) is 1.01. The van der Waals surface area contributed by atoms with Gasteiger partial charge < -0.3 is 14.8 Å². The lowest BCUT2D eigenvalue weighted by Crippen LogP contribution is -2.49. The van der Waals surface area contributed by atoms with Crippen molar-refractivity contribution in [2.24, 2.45) is 0 Å². The van der Waals surface area contributed by atoms with Gasteiger partial charge >= 0.3 is 0 Å². The summed E-state index contributed by atoms with van der Waals surface area (Å²) < 4.78 is 34.9. The second kappa shape index (κ2) is 8.11. The minimum atomic E-state index is -3.53. The highest BCUT2D eigenvalue weighted by atomic mass is 32.2. The molecule has 158 valence electrons. The molecule has 0 atom stereocenters. The summed E-state index contributed by atoms with van der Waals surface area (Å²) in [5.41, 5.74) is 1.10. The first-order valence-corrected chi connectivity index (χ1v) is 11.7. The van der Waals surface area contributed by atoms with Crippen LogP contribution in [0, 0.1) is 0 Å². The van der Waals surface area contributed by atoms with Crippen LogP contribution in [0.25, 0.3) is 0 Å². The highest BCUT2D eigenvalue weighted by Crippen LogP contribution is 2.32. The van der Waals surface area contributed by atoms with E-state index in [0.717, 1.165) is 18.2 Å². The average molecular weight is 448 g/mol. The van der Waals surface area contributed by atoms with Gasteiger partial charge in [-0.2, -0.15) is 0 Å². The van der Waals surface area contributed by atoms with E-state index >= 15 is 0 Å². The third-order valence-corrected chi connectivity index (χ3v) is 6.41. The number of benzene rings is 2. The summed E-state index contributed by atoms with van der Waals surface area (Å²) in [7, 11) is -3.53. The van der Waals surface area contributed by atoms with Crippen LogP contribution in [0.4, 0.5) is 0 Å². The molecule has 2 aliphatic heterocycles. The molecule has 0 bridgehead atoms. The van der Waals surface area contributed by atoms with Gasteiger partial charge in [0, 0.05) is 25.9 Å². The van der Waals surface area contributed by atoms with E-state index in [1.807, 2.05) is 18.2 Å². The summed E-state index contributed by atoms with van der Waals surface area (Å²) in [4.78, 5) is 13.1. The molecule has 4 rings (SSSR count). The number of rotatable bonds is 4. The van der Waals surface area contributed by atoms with E-state index in [2.05, 4.69) is 5.32 Å². The van der Waals surface area contributed by atoms with Gasteiger partial charge in [-0.3, -0.25) is 9.80 Å². The van der Waals surface area contributed by atoms with Gasteiger partial charge in [-0.05, 0) is 48.5 Å². The van der Waals surface area contributed by atoms with Gasteiger partial charge in [0.15, 0.2) is 26.4 Å². The maximum absolute atomic E-state index is 13.1. The number of hydrogen-bond acceptors (Lipinski definition) is 6. The van der Waals surface area contributed by atoms with Gasteiger partial charge in [-0.1, -0.05) is 18.2 Å². The van der Waals surface area contributed by atoms with Crippen LogP contribution in [0.15, 0.2) is 47.4 Å². The smallest absolute Gasteiger partial charge is 0.273 e. The molecule has 0 spiro atoms. The van der Waals surface area contributed by atoms with E-state index in [1.54, 1.807) is 17.1 Å². The number of amides is 1. The third kappa shape index (κ3) is 4.05. The quantitative estimate of drug-likeness (QED) is 0.712. The minimum Gasteiger partial charge on any atom is -0.454 e. The molecule has 1 amide bonds. The van der Waals surface area contributed by atoms with Crippen molar-refractivity contribution in [2.75, 3.05) is 26.1 Å². The van der Waals surface area contributed by atoms with Crippen LogP contribution in [0.1, 0.15) is 22.3 Å². The Morgan fingerprint density at radius 3 is 2.63 bits per heavy atom. The lowest BCUT2D eigenvalue weighted by Gasteiger charge is -2.30. The zero-order valence-electron chi connectivity index (χ0n) is 16.3. The van der Waals surface area contributed by atoms with Gasteiger partial charge in [-0.15, -0.1) is 0 Å². The number of thiocarbonyl (C=S) groups is 1. The van der Waals surface area contributed by atoms with Crippen LogP contribution in [0.5, 0.6) is 11.5 Å². The fourth-order valence-electron chi connectivity index (χ4n) is 3.46. The Balaban J connectivity index is 1.47. The van der Waals surface area contributed by atoms with Gasteiger partial charge in [0.25, 0.3) is 5.91 Å². The summed E-state index contributed by atoms with van der Waals surface area (Å²) in [6.45, 7) is 1.70. The molecule has 30 heavy (non-hydrogen) atoms. The zero-order valence-corrected chi connectivity index (χ0v) is 18.0. The number of hydrogen-bond donors (Lipinski definition) is 1. The summed E-state index contributed by atoms with van der Waals surface area (Å²) in [6.07, 6.45) is 1.83. The Morgan fingerprint density at radius 1 is 1.10 bits per heavy atom. The van der Waals surface area contributed by atoms with E-state index in [-0.39, 0.29) is 23.2 Å². The largest absolute Gasteiger partial charge is 0.454 e. The lowest BCUT2D eigenvalue weighted by atomic mass is 10.2. The summed E-state index contributed by atoms with van der Waals surface area (Å²) in [5, 5.41) is 6.74. The zero-order chi connectivity index (χ0) is 21.3. The molecule has 1 N–H and O–H groups in total. The van der Waals surface area contributed by atoms with Crippen LogP contribution in [-0.4, -0.2) is 55.6 Å². The van der Waals surface area contributed by atoms with E-state index < -0.39 is 9.84 Å². The maximum atomic E-state index is 13.1. The van der Waals surface area contributed by atoms with E-state index in [0.29, 0.717) is 36.2 Å². The number of sulfone groups is 1. The van der Waals surface area contributed by atoms with Crippen molar-refractivity contribution in [1.29, 1.82) is 0 Å². The predicted molar refractivity (Wildman–Crippen MR) is 114 cm³/mol. The second-order valence-corrected chi connectivity index (χ2v) is 9.39. The minimum absolute atomic E-state index is 0.0149. The summed E-state index contributed by atoms with van der Waals surface area (Å²) in [6, 6.07) is 11.9. The number of fused-ring (bicyclic) bond motifs is 1. The Hall–Kier alpha value is -2.85. The first-order chi connectivity index (χ1) is 14.3. The molecule has 2 aliphatic rings. The predicted octanol–water partition coefficient (Wildman–Crippen LogP) is 1.96. The summed E-state index contributed by atoms with van der Waals surface area (Å²) >= 11 is 5.51.